The van der Waals surface area contributed by atoms with Crippen LogP contribution >= 0.6 is 27.5 Å². The minimum absolute atomic E-state index is 0.0906. The molecule has 0 amide bonds. The highest BCUT2D eigenvalue weighted by Gasteiger charge is 2.18. The molecule has 0 radical (unpaired) electrons. The lowest BCUT2D eigenvalue weighted by atomic mass is 9.95. The standard InChI is InChI=1S/C17H17BrClF/c1-3-11-8-9-12(4-2)14(10-11)16(18)13-6-5-7-15(20)17(13)19/h5-10,16H,3-4H2,1-2H3. The summed E-state index contributed by atoms with van der Waals surface area (Å²) < 4.78 is 13.6. The Morgan fingerprint density at radius 3 is 2.50 bits per heavy atom. The summed E-state index contributed by atoms with van der Waals surface area (Å²) in [6.07, 6.45) is 1.92. The molecule has 0 aliphatic carbocycles. The van der Waals surface area contributed by atoms with Crippen LogP contribution in [0.5, 0.6) is 0 Å². The molecule has 2 rings (SSSR count). The van der Waals surface area contributed by atoms with Crippen molar-refractivity contribution in [1.82, 2.24) is 0 Å². The maximum atomic E-state index is 13.6. The number of rotatable bonds is 4. The third-order valence-corrected chi connectivity index (χ3v) is 4.91. The highest BCUT2D eigenvalue weighted by molar-refractivity contribution is 9.09. The first kappa shape index (κ1) is 15.5. The monoisotopic (exact) mass is 354 g/mol. The minimum Gasteiger partial charge on any atom is -0.205 e. The Hall–Kier alpha value is -0.860. The van der Waals surface area contributed by atoms with E-state index in [4.69, 9.17) is 11.6 Å². The molecular formula is C17H17BrClF. The molecule has 106 valence electrons. The lowest BCUT2D eigenvalue weighted by molar-refractivity contribution is 0.626. The van der Waals surface area contributed by atoms with Crippen LogP contribution in [0.15, 0.2) is 36.4 Å². The first-order valence-corrected chi connectivity index (χ1v) is 8.07. The Bertz CT molecular complexity index is 610. The van der Waals surface area contributed by atoms with Gasteiger partial charge in [-0.25, -0.2) is 4.39 Å². The van der Waals surface area contributed by atoms with Gasteiger partial charge in [-0.15, -0.1) is 0 Å². The summed E-state index contributed by atoms with van der Waals surface area (Å²) in [5, 5.41) is 0.193. The van der Waals surface area contributed by atoms with E-state index in [9.17, 15) is 4.39 Å². The van der Waals surface area contributed by atoms with E-state index < -0.39 is 0 Å². The van der Waals surface area contributed by atoms with Gasteiger partial charge in [-0.1, -0.05) is 71.7 Å². The van der Waals surface area contributed by atoms with Crippen LogP contribution in [0.1, 0.15) is 40.9 Å². The van der Waals surface area contributed by atoms with E-state index in [1.54, 1.807) is 6.07 Å². The van der Waals surface area contributed by atoms with Crippen LogP contribution in [0.3, 0.4) is 0 Å². The van der Waals surface area contributed by atoms with Gasteiger partial charge in [-0.05, 0) is 41.2 Å². The first-order chi connectivity index (χ1) is 9.58. The predicted octanol–water partition coefficient (Wildman–Crippen LogP) is 6.09. The second-order valence-electron chi connectivity index (χ2n) is 4.75. The van der Waals surface area contributed by atoms with Crippen molar-refractivity contribution in [1.29, 1.82) is 0 Å². The summed E-state index contributed by atoms with van der Waals surface area (Å²) in [4.78, 5) is -0.0906. The van der Waals surface area contributed by atoms with E-state index in [1.807, 2.05) is 6.07 Å². The average molecular weight is 356 g/mol. The average Bonchev–Trinajstić information content (AvgIpc) is 2.48. The van der Waals surface area contributed by atoms with E-state index >= 15 is 0 Å². The summed E-state index contributed by atoms with van der Waals surface area (Å²) >= 11 is 9.79. The molecule has 2 aromatic rings. The van der Waals surface area contributed by atoms with Gasteiger partial charge in [-0.2, -0.15) is 0 Å². The van der Waals surface area contributed by atoms with Gasteiger partial charge in [0.2, 0.25) is 0 Å². The molecule has 0 N–H and O–H groups in total. The molecule has 2 aromatic carbocycles. The topological polar surface area (TPSA) is 0 Å². The molecule has 0 aromatic heterocycles. The van der Waals surface area contributed by atoms with Gasteiger partial charge < -0.3 is 0 Å². The van der Waals surface area contributed by atoms with Gasteiger partial charge >= 0.3 is 0 Å². The van der Waals surface area contributed by atoms with Crippen molar-refractivity contribution in [2.45, 2.75) is 31.5 Å². The fourth-order valence-electron chi connectivity index (χ4n) is 2.31. The van der Waals surface area contributed by atoms with Gasteiger partial charge in [0, 0.05) is 0 Å². The van der Waals surface area contributed by atoms with Gasteiger partial charge in [0.15, 0.2) is 0 Å². The molecule has 20 heavy (non-hydrogen) atoms. The number of hydrogen-bond donors (Lipinski definition) is 0. The third kappa shape index (κ3) is 3.07. The van der Waals surface area contributed by atoms with Crippen LogP contribution in [0.2, 0.25) is 5.02 Å². The van der Waals surface area contributed by atoms with Crippen LogP contribution < -0.4 is 0 Å². The minimum atomic E-state index is -0.377. The van der Waals surface area contributed by atoms with Gasteiger partial charge in [0.05, 0.1) is 9.85 Å². The Morgan fingerprint density at radius 2 is 1.85 bits per heavy atom. The van der Waals surface area contributed by atoms with Gasteiger partial charge in [0.25, 0.3) is 0 Å². The summed E-state index contributed by atoms with van der Waals surface area (Å²) in [5.41, 5.74) is 4.47. The quantitative estimate of drug-likeness (QED) is 0.582. The number of halogens is 3. The van der Waals surface area contributed by atoms with Crippen molar-refractivity contribution in [2.75, 3.05) is 0 Å². The maximum Gasteiger partial charge on any atom is 0.142 e. The van der Waals surface area contributed by atoms with Crippen molar-refractivity contribution in [3.8, 4) is 0 Å². The predicted molar refractivity (Wildman–Crippen MR) is 87.4 cm³/mol. The molecule has 1 atom stereocenters. The Morgan fingerprint density at radius 1 is 1.10 bits per heavy atom. The van der Waals surface area contributed by atoms with Crippen molar-refractivity contribution in [2.24, 2.45) is 0 Å². The molecule has 0 heterocycles. The van der Waals surface area contributed by atoms with Gasteiger partial charge in [0.1, 0.15) is 5.82 Å². The Labute approximate surface area is 133 Å². The lowest BCUT2D eigenvalue weighted by Crippen LogP contribution is -2.01. The summed E-state index contributed by atoms with van der Waals surface area (Å²) in [5.74, 6) is -0.377. The fraction of sp³-hybridized carbons (Fsp3) is 0.294. The SMILES string of the molecule is CCc1ccc(CC)c(C(Br)c2cccc(F)c2Cl)c1. The van der Waals surface area contributed by atoms with Crippen molar-refractivity contribution < 1.29 is 4.39 Å². The number of alkyl halides is 1. The zero-order valence-electron chi connectivity index (χ0n) is 11.6. The molecule has 0 spiro atoms. The van der Waals surface area contributed by atoms with Crippen molar-refractivity contribution >= 4 is 27.5 Å². The molecule has 0 aliphatic rings. The highest BCUT2D eigenvalue weighted by Crippen LogP contribution is 2.38. The van der Waals surface area contributed by atoms with Crippen molar-refractivity contribution in [3.63, 3.8) is 0 Å². The van der Waals surface area contributed by atoms with Gasteiger partial charge in [-0.3, -0.25) is 0 Å². The third-order valence-electron chi connectivity index (χ3n) is 3.53. The summed E-state index contributed by atoms with van der Waals surface area (Å²) in [6.45, 7) is 4.25. The van der Waals surface area contributed by atoms with Crippen LogP contribution in [0.4, 0.5) is 4.39 Å². The zero-order chi connectivity index (χ0) is 14.7. The molecule has 3 heteroatoms. The van der Waals surface area contributed by atoms with Crippen molar-refractivity contribution in [3.05, 3.63) is 69.5 Å². The zero-order valence-corrected chi connectivity index (χ0v) is 13.9. The summed E-state index contributed by atoms with van der Waals surface area (Å²) in [6, 6.07) is 11.4. The van der Waals surface area contributed by atoms with E-state index in [0.717, 1.165) is 18.4 Å². The number of hydrogen-bond acceptors (Lipinski definition) is 0. The Balaban J connectivity index is 2.51. The Kier molecular flexibility index (Phi) is 5.22. The molecule has 0 aliphatic heterocycles. The molecular weight excluding hydrogens is 339 g/mol. The number of benzene rings is 2. The largest absolute Gasteiger partial charge is 0.205 e. The summed E-state index contributed by atoms with van der Waals surface area (Å²) in [7, 11) is 0. The van der Waals surface area contributed by atoms with Crippen LogP contribution in [-0.2, 0) is 12.8 Å². The van der Waals surface area contributed by atoms with E-state index in [2.05, 4.69) is 48.0 Å². The van der Waals surface area contributed by atoms with E-state index in [0.29, 0.717) is 0 Å². The van der Waals surface area contributed by atoms with Crippen LogP contribution in [0.25, 0.3) is 0 Å². The number of aryl methyl sites for hydroxylation is 2. The molecule has 0 saturated carbocycles. The van der Waals surface area contributed by atoms with E-state index in [1.165, 1.54) is 22.8 Å². The normalized spacial score (nSPS) is 12.4. The molecule has 1 unspecified atom stereocenters. The molecule has 0 fully saturated rings. The smallest absolute Gasteiger partial charge is 0.142 e. The highest BCUT2D eigenvalue weighted by atomic mass is 79.9. The fourth-order valence-corrected chi connectivity index (χ4v) is 3.48. The maximum absolute atomic E-state index is 13.6. The molecule has 0 bridgehead atoms. The lowest BCUT2D eigenvalue weighted by Gasteiger charge is -2.17. The first-order valence-electron chi connectivity index (χ1n) is 6.78. The second-order valence-corrected chi connectivity index (χ2v) is 6.04. The second kappa shape index (κ2) is 6.73. The van der Waals surface area contributed by atoms with E-state index in [-0.39, 0.29) is 15.7 Å². The molecule has 0 nitrogen and oxygen atoms in total. The van der Waals surface area contributed by atoms with Crippen LogP contribution in [0, 0.1) is 5.82 Å². The van der Waals surface area contributed by atoms with Crippen LogP contribution in [-0.4, -0.2) is 0 Å². The molecule has 0 saturated heterocycles.